The highest BCUT2D eigenvalue weighted by molar-refractivity contribution is 9.10. The lowest BCUT2D eigenvalue weighted by Crippen LogP contribution is -2.31. The number of benzene rings is 2. The number of carbonyl (C=O) groups excluding carboxylic acids is 1. The Kier molecular flexibility index (Phi) is 4.82. The molecule has 1 aliphatic rings. The van der Waals surface area contributed by atoms with Crippen molar-refractivity contribution >= 4 is 33.5 Å². The van der Waals surface area contributed by atoms with E-state index in [1.165, 1.54) is 0 Å². The van der Waals surface area contributed by atoms with E-state index >= 15 is 0 Å². The first-order chi connectivity index (χ1) is 13.6. The number of fused-ring (bicyclic) bond motifs is 1. The van der Waals surface area contributed by atoms with E-state index in [1.54, 1.807) is 11.8 Å². The molecule has 0 spiro atoms. The molecule has 0 saturated heterocycles. The summed E-state index contributed by atoms with van der Waals surface area (Å²) in [5.74, 6) is 0.950. The molecule has 0 saturated carbocycles. The fraction of sp³-hybridized carbons (Fsp3) is 0.158. The van der Waals surface area contributed by atoms with Gasteiger partial charge in [-0.1, -0.05) is 29.4 Å². The number of allylic oxidation sites excluding steroid dienone is 1. The van der Waals surface area contributed by atoms with E-state index in [0.29, 0.717) is 28.7 Å². The summed E-state index contributed by atoms with van der Waals surface area (Å²) < 4.78 is 7.70. The van der Waals surface area contributed by atoms with Crippen LogP contribution in [0.2, 0.25) is 0 Å². The Balaban J connectivity index is 1.78. The van der Waals surface area contributed by atoms with E-state index in [-0.39, 0.29) is 5.91 Å². The third-order valence-electron chi connectivity index (χ3n) is 4.48. The van der Waals surface area contributed by atoms with Gasteiger partial charge in [0.05, 0.1) is 17.2 Å². The maximum Gasteiger partial charge on any atom is 0.255 e. The predicted octanol–water partition coefficient (Wildman–Crippen LogP) is 3.37. The lowest BCUT2D eigenvalue weighted by molar-refractivity contribution is -0.113. The second-order valence-corrected chi connectivity index (χ2v) is 7.08. The molecule has 0 unspecified atom stereocenters. The molecule has 4 rings (SSSR count). The summed E-state index contributed by atoms with van der Waals surface area (Å²) in [6.45, 7) is 1.84. The van der Waals surface area contributed by atoms with Crippen LogP contribution in [-0.2, 0) is 4.79 Å². The Morgan fingerprint density at radius 3 is 2.75 bits per heavy atom. The molecule has 1 aliphatic heterocycles. The molecule has 2 heterocycles. The summed E-state index contributed by atoms with van der Waals surface area (Å²) in [6.07, 6.45) is 0. The number of nitrogens with one attached hydrogen (secondary N) is 2. The van der Waals surface area contributed by atoms with Crippen LogP contribution in [0, 0.1) is 0 Å². The number of tetrazole rings is 1. The van der Waals surface area contributed by atoms with E-state index in [2.05, 4.69) is 42.1 Å². The summed E-state index contributed by atoms with van der Waals surface area (Å²) in [7, 11) is 1.60. The highest BCUT2D eigenvalue weighted by Gasteiger charge is 2.34. The fourth-order valence-corrected chi connectivity index (χ4v) is 3.75. The van der Waals surface area contributed by atoms with E-state index < -0.39 is 6.04 Å². The van der Waals surface area contributed by atoms with Gasteiger partial charge in [-0.25, -0.2) is 0 Å². The van der Waals surface area contributed by atoms with Crippen molar-refractivity contribution < 1.29 is 9.53 Å². The van der Waals surface area contributed by atoms with Crippen LogP contribution in [0.1, 0.15) is 18.5 Å². The molecule has 1 amide bonds. The quantitative estimate of drug-likeness (QED) is 0.645. The van der Waals surface area contributed by atoms with Crippen LogP contribution in [0.25, 0.3) is 0 Å². The van der Waals surface area contributed by atoms with Crippen LogP contribution in [0.5, 0.6) is 5.75 Å². The van der Waals surface area contributed by atoms with Crippen molar-refractivity contribution in [3.05, 3.63) is 69.8 Å². The summed E-state index contributed by atoms with van der Waals surface area (Å²) in [6, 6.07) is 14.5. The Morgan fingerprint density at radius 1 is 1.25 bits per heavy atom. The molecule has 1 atom stereocenters. The molecule has 9 heteroatoms. The number of para-hydroxylation sites is 1. The van der Waals surface area contributed by atoms with E-state index in [4.69, 9.17) is 4.74 Å². The van der Waals surface area contributed by atoms with Gasteiger partial charge in [-0.05, 0) is 63.1 Å². The van der Waals surface area contributed by atoms with Crippen molar-refractivity contribution in [3.63, 3.8) is 0 Å². The minimum atomic E-state index is -0.489. The third-order valence-corrected chi connectivity index (χ3v) is 5.10. The van der Waals surface area contributed by atoms with Gasteiger partial charge < -0.3 is 15.4 Å². The lowest BCUT2D eigenvalue weighted by atomic mass is 9.95. The minimum Gasteiger partial charge on any atom is -0.496 e. The Bertz CT molecular complexity index is 1060. The molecule has 0 bridgehead atoms. The highest BCUT2D eigenvalue weighted by atomic mass is 79.9. The minimum absolute atomic E-state index is 0.228. The third kappa shape index (κ3) is 3.24. The second kappa shape index (κ2) is 7.43. The molecule has 0 fully saturated rings. The largest absolute Gasteiger partial charge is 0.496 e. The van der Waals surface area contributed by atoms with Crippen molar-refractivity contribution in [1.82, 2.24) is 20.2 Å². The van der Waals surface area contributed by atoms with Gasteiger partial charge in [0.1, 0.15) is 11.8 Å². The number of halogens is 1. The van der Waals surface area contributed by atoms with Gasteiger partial charge in [-0.15, -0.1) is 0 Å². The number of methoxy groups -OCH3 is 1. The number of hydrogen-bond acceptors (Lipinski definition) is 6. The first-order valence-electron chi connectivity index (χ1n) is 8.54. The highest BCUT2D eigenvalue weighted by Crippen LogP contribution is 2.37. The van der Waals surface area contributed by atoms with Gasteiger partial charge in [0.2, 0.25) is 5.95 Å². The van der Waals surface area contributed by atoms with Crippen molar-refractivity contribution in [2.24, 2.45) is 0 Å². The fourth-order valence-electron chi connectivity index (χ4n) is 3.19. The van der Waals surface area contributed by atoms with E-state index in [0.717, 1.165) is 10.0 Å². The van der Waals surface area contributed by atoms with Crippen LogP contribution in [-0.4, -0.2) is 33.2 Å². The van der Waals surface area contributed by atoms with Crippen LogP contribution in [0.3, 0.4) is 0 Å². The number of hydrogen-bond donors (Lipinski definition) is 2. The average Bonchev–Trinajstić information content (AvgIpc) is 3.15. The number of anilines is 2. The molecule has 2 aromatic carbocycles. The Labute approximate surface area is 169 Å². The normalized spacial score (nSPS) is 15.6. The first-order valence-corrected chi connectivity index (χ1v) is 9.33. The van der Waals surface area contributed by atoms with Gasteiger partial charge in [0, 0.05) is 11.4 Å². The zero-order valence-corrected chi connectivity index (χ0v) is 16.8. The van der Waals surface area contributed by atoms with Gasteiger partial charge in [0.15, 0.2) is 0 Å². The van der Waals surface area contributed by atoms with Crippen molar-refractivity contribution in [3.8, 4) is 5.75 Å². The van der Waals surface area contributed by atoms with Crippen molar-refractivity contribution in [1.29, 1.82) is 0 Å². The second-order valence-electron chi connectivity index (χ2n) is 6.23. The van der Waals surface area contributed by atoms with Gasteiger partial charge in [0.25, 0.3) is 5.91 Å². The summed E-state index contributed by atoms with van der Waals surface area (Å²) in [5, 5.41) is 17.9. The van der Waals surface area contributed by atoms with Gasteiger partial charge in [-0.2, -0.15) is 4.68 Å². The maximum absolute atomic E-state index is 13.2. The zero-order chi connectivity index (χ0) is 19.7. The van der Waals surface area contributed by atoms with Crippen LogP contribution in [0.4, 0.5) is 11.6 Å². The van der Waals surface area contributed by atoms with Gasteiger partial charge >= 0.3 is 0 Å². The number of carbonyl (C=O) groups is 1. The first kappa shape index (κ1) is 18.2. The number of aromatic nitrogens is 4. The smallest absolute Gasteiger partial charge is 0.255 e. The molecule has 0 aliphatic carbocycles. The SMILES string of the molecule is COc1ccc([C@H]2C(C(=O)Nc3ccccc3)=C(C)Nc3nnnn32)cc1Br. The number of amides is 1. The molecular formula is C19H17BrN6O2. The molecule has 28 heavy (non-hydrogen) atoms. The molecule has 3 aromatic rings. The molecule has 2 N–H and O–H groups in total. The standard InChI is InChI=1S/C19H17BrN6O2/c1-11-16(18(27)22-13-6-4-3-5-7-13)17(26-19(21-11)23-24-25-26)12-8-9-15(28-2)14(20)10-12/h3-10,17H,1-2H3,(H,22,27)(H,21,23,25)/t17-/m0/s1. The molecular weight excluding hydrogens is 424 g/mol. The average molecular weight is 441 g/mol. The van der Waals surface area contributed by atoms with Crippen LogP contribution in [0.15, 0.2) is 64.3 Å². The lowest BCUT2D eigenvalue weighted by Gasteiger charge is -2.28. The van der Waals surface area contributed by atoms with E-state index in [1.807, 2.05) is 55.5 Å². The molecule has 8 nitrogen and oxygen atoms in total. The summed E-state index contributed by atoms with van der Waals surface area (Å²) in [4.78, 5) is 13.2. The number of rotatable bonds is 4. The van der Waals surface area contributed by atoms with E-state index in [9.17, 15) is 4.79 Å². The topological polar surface area (TPSA) is 94.0 Å². The predicted molar refractivity (Wildman–Crippen MR) is 108 cm³/mol. The number of ether oxygens (including phenoxy) is 1. The molecule has 142 valence electrons. The molecule has 1 aromatic heterocycles. The zero-order valence-electron chi connectivity index (χ0n) is 15.2. The monoisotopic (exact) mass is 440 g/mol. The van der Waals surface area contributed by atoms with Crippen molar-refractivity contribution in [2.75, 3.05) is 17.7 Å². The Hall–Kier alpha value is -3.20. The maximum atomic E-state index is 13.2. The van der Waals surface area contributed by atoms with Crippen molar-refractivity contribution in [2.45, 2.75) is 13.0 Å². The number of nitrogens with zero attached hydrogens (tertiary/aromatic N) is 4. The van der Waals surface area contributed by atoms with Crippen LogP contribution >= 0.6 is 15.9 Å². The summed E-state index contributed by atoms with van der Waals surface area (Å²) >= 11 is 3.51. The Morgan fingerprint density at radius 2 is 2.04 bits per heavy atom. The molecule has 0 radical (unpaired) electrons. The van der Waals surface area contributed by atoms with Gasteiger partial charge in [-0.3, -0.25) is 4.79 Å². The summed E-state index contributed by atoms with van der Waals surface area (Å²) in [5.41, 5.74) is 2.78. The van der Waals surface area contributed by atoms with Crippen LogP contribution < -0.4 is 15.4 Å².